The van der Waals surface area contributed by atoms with Gasteiger partial charge in [-0.3, -0.25) is 4.98 Å². The fourth-order valence-electron chi connectivity index (χ4n) is 4.50. The van der Waals surface area contributed by atoms with Crippen LogP contribution in [0.4, 0.5) is 10.2 Å². The van der Waals surface area contributed by atoms with E-state index in [0.717, 1.165) is 47.1 Å². The number of fused-ring (bicyclic) bond motifs is 3. The number of aromatic nitrogens is 4. The van der Waals surface area contributed by atoms with Crippen molar-refractivity contribution in [1.82, 2.24) is 24.9 Å². The highest BCUT2D eigenvalue weighted by Gasteiger charge is 2.38. The maximum absolute atomic E-state index is 13.5. The third-order valence-electron chi connectivity index (χ3n) is 5.89. The van der Waals surface area contributed by atoms with E-state index in [1.54, 1.807) is 24.5 Å². The molecule has 2 aliphatic rings. The molecular formula is C22H19FN6. The minimum atomic E-state index is -0.263. The third-order valence-corrected chi connectivity index (χ3v) is 5.89. The molecule has 0 saturated carbocycles. The van der Waals surface area contributed by atoms with Gasteiger partial charge in [0.05, 0.1) is 5.69 Å². The molecule has 0 spiro atoms. The number of anilines is 1. The Morgan fingerprint density at radius 2 is 1.79 bits per heavy atom. The van der Waals surface area contributed by atoms with Crippen LogP contribution in [0.5, 0.6) is 0 Å². The van der Waals surface area contributed by atoms with Crippen LogP contribution in [0.3, 0.4) is 0 Å². The Morgan fingerprint density at radius 3 is 2.52 bits per heavy atom. The molecule has 2 saturated heterocycles. The molecule has 5 heterocycles. The molecule has 0 unspecified atom stereocenters. The van der Waals surface area contributed by atoms with E-state index in [1.165, 1.54) is 18.6 Å². The van der Waals surface area contributed by atoms with Gasteiger partial charge in [-0.1, -0.05) is 0 Å². The van der Waals surface area contributed by atoms with Gasteiger partial charge in [0.15, 0.2) is 5.65 Å². The van der Waals surface area contributed by atoms with Crippen molar-refractivity contribution >= 4 is 11.5 Å². The summed E-state index contributed by atoms with van der Waals surface area (Å²) < 4.78 is 15.4. The second-order valence-electron chi connectivity index (χ2n) is 7.66. The summed E-state index contributed by atoms with van der Waals surface area (Å²) in [5.41, 5.74) is 4.27. The van der Waals surface area contributed by atoms with Gasteiger partial charge in [-0.25, -0.2) is 13.9 Å². The smallest absolute Gasteiger partial charge is 0.155 e. The Kier molecular flexibility index (Phi) is 3.64. The Bertz CT molecular complexity index is 1190. The normalized spacial score (nSPS) is 20.7. The van der Waals surface area contributed by atoms with Crippen LogP contribution in [0.25, 0.3) is 28.2 Å². The lowest BCUT2D eigenvalue weighted by atomic mass is 10.1. The number of nitrogens with one attached hydrogen (secondary N) is 1. The first-order chi connectivity index (χ1) is 14.3. The number of pyridine rings is 1. The largest absolute Gasteiger partial charge is 0.349 e. The number of nitrogens with zero attached hydrogens (tertiary/aromatic N) is 5. The van der Waals surface area contributed by atoms with Gasteiger partial charge in [-0.05, 0) is 55.0 Å². The highest BCUT2D eigenvalue weighted by atomic mass is 19.1. The molecule has 6 rings (SSSR count). The standard InChI is InChI=1S/C22H19FN6/c23-16-3-1-14(2-4-16)21-22(15-7-9-24-10-8-15)29-19(26-21)5-6-20(27-29)28-13-17-11-18(28)12-25-17/h1-10,17-18,25H,11-13H2/t17-,18-/m0/s1. The Balaban J connectivity index is 1.55. The molecule has 1 aromatic carbocycles. The van der Waals surface area contributed by atoms with Crippen molar-refractivity contribution in [3.8, 4) is 22.5 Å². The lowest BCUT2D eigenvalue weighted by Gasteiger charge is -2.28. The maximum atomic E-state index is 13.5. The van der Waals surface area contributed by atoms with E-state index in [2.05, 4.69) is 15.2 Å². The molecule has 2 aliphatic heterocycles. The zero-order chi connectivity index (χ0) is 19.4. The van der Waals surface area contributed by atoms with Crippen LogP contribution in [-0.4, -0.2) is 44.8 Å². The predicted molar refractivity (Wildman–Crippen MR) is 109 cm³/mol. The van der Waals surface area contributed by atoms with Gasteiger partial charge in [0.2, 0.25) is 0 Å². The molecule has 0 aliphatic carbocycles. The Labute approximate surface area is 167 Å². The number of hydrogen-bond acceptors (Lipinski definition) is 5. The SMILES string of the molecule is Fc1ccc(-c2nc3ccc(N4C[C@@H]5C[C@H]4CN5)nn3c2-c2ccncc2)cc1. The van der Waals surface area contributed by atoms with Crippen molar-refractivity contribution in [2.45, 2.75) is 18.5 Å². The first kappa shape index (κ1) is 16.6. The second kappa shape index (κ2) is 6.35. The van der Waals surface area contributed by atoms with Crippen molar-refractivity contribution < 1.29 is 4.39 Å². The number of halogens is 1. The zero-order valence-electron chi connectivity index (χ0n) is 15.7. The van der Waals surface area contributed by atoms with E-state index in [1.807, 2.05) is 28.8 Å². The maximum Gasteiger partial charge on any atom is 0.155 e. The molecule has 1 N–H and O–H groups in total. The average molecular weight is 386 g/mol. The highest BCUT2D eigenvalue weighted by molar-refractivity contribution is 5.81. The number of imidazole rings is 1. The molecule has 6 nitrogen and oxygen atoms in total. The van der Waals surface area contributed by atoms with E-state index in [-0.39, 0.29) is 5.82 Å². The van der Waals surface area contributed by atoms with Crippen molar-refractivity contribution in [2.75, 3.05) is 18.0 Å². The summed E-state index contributed by atoms with van der Waals surface area (Å²) in [6.45, 7) is 1.99. The van der Waals surface area contributed by atoms with E-state index >= 15 is 0 Å². The van der Waals surface area contributed by atoms with Gasteiger partial charge < -0.3 is 10.2 Å². The van der Waals surface area contributed by atoms with E-state index in [9.17, 15) is 4.39 Å². The van der Waals surface area contributed by atoms with Gasteiger partial charge in [0.25, 0.3) is 0 Å². The second-order valence-corrected chi connectivity index (χ2v) is 7.66. The number of hydrogen-bond donors (Lipinski definition) is 1. The molecule has 2 bridgehead atoms. The van der Waals surface area contributed by atoms with Crippen LogP contribution < -0.4 is 10.2 Å². The quantitative estimate of drug-likeness (QED) is 0.586. The predicted octanol–water partition coefficient (Wildman–Crippen LogP) is 3.15. The molecule has 2 atom stereocenters. The van der Waals surface area contributed by atoms with Crippen LogP contribution >= 0.6 is 0 Å². The fourth-order valence-corrected chi connectivity index (χ4v) is 4.50. The topological polar surface area (TPSA) is 58.4 Å². The molecule has 144 valence electrons. The van der Waals surface area contributed by atoms with Crippen LogP contribution in [-0.2, 0) is 0 Å². The summed E-state index contributed by atoms with van der Waals surface area (Å²) in [6.07, 6.45) is 4.69. The van der Waals surface area contributed by atoms with Crippen LogP contribution in [0.15, 0.2) is 60.9 Å². The van der Waals surface area contributed by atoms with Crippen LogP contribution in [0.1, 0.15) is 6.42 Å². The monoisotopic (exact) mass is 386 g/mol. The molecular weight excluding hydrogens is 367 g/mol. The first-order valence-corrected chi connectivity index (χ1v) is 9.82. The zero-order valence-corrected chi connectivity index (χ0v) is 15.7. The van der Waals surface area contributed by atoms with Gasteiger partial charge >= 0.3 is 0 Å². The summed E-state index contributed by atoms with van der Waals surface area (Å²) >= 11 is 0. The lowest BCUT2D eigenvalue weighted by molar-refractivity contribution is 0.573. The van der Waals surface area contributed by atoms with Gasteiger partial charge in [-0.15, -0.1) is 5.10 Å². The number of piperazine rings is 1. The summed E-state index contributed by atoms with van der Waals surface area (Å²) in [4.78, 5) is 11.4. The van der Waals surface area contributed by atoms with Crippen LogP contribution in [0, 0.1) is 5.82 Å². The van der Waals surface area contributed by atoms with Gasteiger partial charge in [0, 0.05) is 48.7 Å². The van der Waals surface area contributed by atoms with Gasteiger partial charge in [-0.2, -0.15) is 0 Å². The first-order valence-electron chi connectivity index (χ1n) is 9.82. The van der Waals surface area contributed by atoms with Crippen molar-refractivity contribution in [1.29, 1.82) is 0 Å². The van der Waals surface area contributed by atoms with E-state index in [0.29, 0.717) is 12.1 Å². The van der Waals surface area contributed by atoms with E-state index in [4.69, 9.17) is 10.1 Å². The molecule has 2 fully saturated rings. The van der Waals surface area contributed by atoms with E-state index < -0.39 is 0 Å². The molecule has 3 aromatic heterocycles. The summed E-state index contributed by atoms with van der Waals surface area (Å²) in [5, 5.41) is 8.51. The summed E-state index contributed by atoms with van der Waals surface area (Å²) in [7, 11) is 0. The minimum absolute atomic E-state index is 0.263. The third kappa shape index (κ3) is 2.69. The molecule has 0 amide bonds. The van der Waals surface area contributed by atoms with Crippen molar-refractivity contribution in [3.05, 3.63) is 66.7 Å². The number of benzene rings is 1. The van der Waals surface area contributed by atoms with Gasteiger partial charge in [0.1, 0.15) is 17.3 Å². The molecule has 7 heteroatoms. The van der Waals surface area contributed by atoms with Crippen LogP contribution in [0.2, 0.25) is 0 Å². The molecule has 0 radical (unpaired) electrons. The average Bonchev–Trinajstić information content (AvgIpc) is 3.48. The minimum Gasteiger partial charge on any atom is -0.349 e. The van der Waals surface area contributed by atoms with Crippen molar-refractivity contribution in [3.63, 3.8) is 0 Å². The Morgan fingerprint density at radius 1 is 0.966 bits per heavy atom. The Hall–Kier alpha value is -3.32. The molecule has 29 heavy (non-hydrogen) atoms. The lowest BCUT2D eigenvalue weighted by Crippen LogP contribution is -2.44. The summed E-state index contributed by atoms with van der Waals surface area (Å²) in [6, 6.07) is 15.4. The van der Waals surface area contributed by atoms with Crippen molar-refractivity contribution in [2.24, 2.45) is 0 Å². The number of rotatable bonds is 3. The fraction of sp³-hybridized carbons (Fsp3) is 0.227. The molecule has 4 aromatic rings. The highest BCUT2D eigenvalue weighted by Crippen LogP contribution is 2.34. The summed E-state index contributed by atoms with van der Waals surface area (Å²) in [5.74, 6) is 0.700.